The minimum atomic E-state index is -0.306. The standard InChI is InChI=1S/C12H13ClN4O2/c1-3-19-12-15-11(16-17-12)14-10(18)9-6-8(13)5-4-7(9)2/h4-6H,3H2,1-2H3,(H2,14,15,16,17,18). The summed E-state index contributed by atoms with van der Waals surface area (Å²) >= 11 is 5.87. The maximum atomic E-state index is 12.1. The number of carbonyl (C=O) groups excluding carboxylic acids is 1. The predicted molar refractivity (Wildman–Crippen MR) is 71.7 cm³/mol. The number of halogens is 1. The number of aromatic nitrogens is 3. The molecule has 0 unspecified atom stereocenters. The summed E-state index contributed by atoms with van der Waals surface area (Å²) in [4.78, 5) is 16.0. The van der Waals surface area contributed by atoms with Crippen LogP contribution in [0.1, 0.15) is 22.8 Å². The zero-order valence-corrected chi connectivity index (χ0v) is 11.3. The van der Waals surface area contributed by atoms with Gasteiger partial charge in [-0.3, -0.25) is 10.1 Å². The Bertz CT molecular complexity index is 597. The van der Waals surface area contributed by atoms with Crippen LogP contribution < -0.4 is 10.1 Å². The normalized spacial score (nSPS) is 10.3. The average molecular weight is 281 g/mol. The number of rotatable bonds is 4. The van der Waals surface area contributed by atoms with Gasteiger partial charge in [0, 0.05) is 10.6 Å². The molecule has 0 saturated carbocycles. The Hall–Kier alpha value is -2.08. The molecular formula is C12H13ClN4O2. The van der Waals surface area contributed by atoms with Crippen LogP contribution in [0, 0.1) is 6.92 Å². The van der Waals surface area contributed by atoms with Crippen LogP contribution in [-0.4, -0.2) is 27.7 Å². The fraction of sp³-hybridized carbons (Fsp3) is 0.250. The maximum Gasteiger partial charge on any atom is 0.337 e. The van der Waals surface area contributed by atoms with Gasteiger partial charge >= 0.3 is 6.01 Å². The van der Waals surface area contributed by atoms with Gasteiger partial charge in [-0.05, 0) is 31.5 Å². The van der Waals surface area contributed by atoms with E-state index in [9.17, 15) is 4.79 Å². The Morgan fingerprint density at radius 1 is 1.53 bits per heavy atom. The molecule has 1 aromatic carbocycles. The van der Waals surface area contributed by atoms with E-state index in [2.05, 4.69) is 20.5 Å². The van der Waals surface area contributed by atoms with E-state index >= 15 is 0 Å². The first-order chi connectivity index (χ1) is 9.10. The SMILES string of the molecule is CCOc1n[nH]c(NC(=O)c2cc(Cl)ccc2C)n1. The molecule has 2 N–H and O–H groups in total. The van der Waals surface area contributed by atoms with Crippen LogP contribution in [0.4, 0.5) is 5.95 Å². The Morgan fingerprint density at radius 3 is 3.05 bits per heavy atom. The molecule has 0 radical (unpaired) electrons. The van der Waals surface area contributed by atoms with Gasteiger partial charge in [0.1, 0.15) is 0 Å². The number of hydrogen-bond acceptors (Lipinski definition) is 4. The Kier molecular flexibility index (Phi) is 4.01. The largest absolute Gasteiger partial charge is 0.463 e. The van der Waals surface area contributed by atoms with E-state index in [1.54, 1.807) is 18.2 Å². The Morgan fingerprint density at radius 2 is 2.32 bits per heavy atom. The summed E-state index contributed by atoms with van der Waals surface area (Å²) < 4.78 is 5.09. The fourth-order valence-electron chi connectivity index (χ4n) is 1.51. The topological polar surface area (TPSA) is 79.9 Å². The van der Waals surface area contributed by atoms with Gasteiger partial charge in [-0.25, -0.2) is 5.10 Å². The maximum absolute atomic E-state index is 12.1. The summed E-state index contributed by atoms with van der Waals surface area (Å²) in [6.07, 6.45) is 0. The van der Waals surface area contributed by atoms with Crippen LogP contribution in [0.5, 0.6) is 6.01 Å². The van der Waals surface area contributed by atoms with E-state index in [0.717, 1.165) is 5.56 Å². The Labute approximate surface area is 115 Å². The van der Waals surface area contributed by atoms with Crippen molar-refractivity contribution in [2.24, 2.45) is 0 Å². The van der Waals surface area contributed by atoms with Crippen molar-refractivity contribution >= 4 is 23.5 Å². The van der Waals surface area contributed by atoms with Crippen molar-refractivity contribution in [1.82, 2.24) is 15.2 Å². The van der Waals surface area contributed by atoms with Gasteiger partial charge < -0.3 is 4.74 Å². The van der Waals surface area contributed by atoms with Crippen LogP contribution in [-0.2, 0) is 0 Å². The molecule has 0 aliphatic heterocycles. The molecule has 1 aromatic heterocycles. The van der Waals surface area contributed by atoms with Crippen LogP contribution >= 0.6 is 11.6 Å². The van der Waals surface area contributed by atoms with Crippen molar-refractivity contribution in [2.45, 2.75) is 13.8 Å². The zero-order chi connectivity index (χ0) is 13.8. The summed E-state index contributed by atoms with van der Waals surface area (Å²) in [5.41, 5.74) is 1.31. The van der Waals surface area contributed by atoms with Gasteiger partial charge in [-0.15, -0.1) is 5.10 Å². The first-order valence-corrected chi connectivity index (χ1v) is 6.10. The molecule has 1 amide bonds. The number of anilines is 1. The average Bonchev–Trinajstić information content (AvgIpc) is 2.80. The number of ether oxygens (including phenoxy) is 1. The second kappa shape index (κ2) is 5.71. The van der Waals surface area contributed by atoms with Crippen LogP contribution in [0.3, 0.4) is 0 Å². The number of H-pyrrole nitrogens is 1. The van der Waals surface area contributed by atoms with E-state index in [-0.39, 0.29) is 17.9 Å². The third-order valence-corrected chi connectivity index (χ3v) is 2.65. The monoisotopic (exact) mass is 280 g/mol. The summed E-state index contributed by atoms with van der Waals surface area (Å²) in [5.74, 6) is -0.0768. The molecule has 1 heterocycles. The fourth-order valence-corrected chi connectivity index (χ4v) is 1.68. The molecule has 100 valence electrons. The molecule has 7 heteroatoms. The summed E-state index contributed by atoms with van der Waals surface area (Å²) in [5, 5.41) is 9.47. The minimum absolute atomic E-state index is 0.195. The van der Waals surface area contributed by atoms with Gasteiger partial charge in [0.25, 0.3) is 5.91 Å². The molecule has 0 fully saturated rings. The third-order valence-electron chi connectivity index (χ3n) is 2.41. The molecule has 2 rings (SSSR count). The number of hydrogen-bond donors (Lipinski definition) is 2. The van der Waals surface area contributed by atoms with E-state index in [1.807, 2.05) is 13.8 Å². The first-order valence-electron chi connectivity index (χ1n) is 5.73. The number of benzene rings is 1. The number of nitrogens with zero attached hydrogens (tertiary/aromatic N) is 2. The molecule has 0 bridgehead atoms. The number of aromatic amines is 1. The molecule has 0 aliphatic carbocycles. The van der Waals surface area contributed by atoms with Gasteiger partial charge in [-0.1, -0.05) is 17.7 Å². The molecule has 0 saturated heterocycles. The van der Waals surface area contributed by atoms with Crippen LogP contribution in [0.25, 0.3) is 0 Å². The van der Waals surface area contributed by atoms with Gasteiger partial charge in [0.15, 0.2) is 0 Å². The second-order valence-electron chi connectivity index (χ2n) is 3.81. The number of amides is 1. The van der Waals surface area contributed by atoms with Gasteiger partial charge in [0.05, 0.1) is 6.61 Å². The summed E-state index contributed by atoms with van der Waals surface area (Å²) in [7, 11) is 0. The lowest BCUT2D eigenvalue weighted by molar-refractivity contribution is 0.102. The van der Waals surface area contributed by atoms with Crippen LogP contribution in [0.2, 0.25) is 5.02 Å². The molecule has 0 atom stereocenters. The predicted octanol–water partition coefficient (Wildman–Crippen LogP) is 2.42. The summed E-state index contributed by atoms with van der Waals surface area (Å²) in [6.45, 7) is 4.11. The number of nitrogens with one attached hydrogen (secondary N) is 2. The molecule has 6 nitrogen and oxygen atoms in total. The molecular weight excluding hydrogens is 268 g/mol. The van der Waals surface area contributed by atoms with E-state index in [1.165, 1.54) is 0 Å². The number of aryl methyl sites for hydroxylation is 1. The van der Waals surface area contributed by atoms with E-state index in [0.29, 0.717) is 17.2 Å². The van der Waals surface area contributed by atoms with E-state index < -0.39 is 0 Å². The lowest BCUT2D eigenvalue weighted by Crippen LogP contribution is -2.14. The first kappa shape index (κ1) is 13.4. The van der Waals surface area contributed by atoms with Gasteiger partial charge in [0.2, 0.25) is 5.95 Å². The minimum Gasteiger partial charge on any atom is -0.463 e. The highest BCUT2D eigenvalue weighted by molar-refractivity contribution is 6.31. The quantitative estimate of drug-likeness (QED) is 0.901. The van der Waals surface area contributed by atoms with E-state index in [4.69, 9.17) is 16.3 Å². The summed E-state index contributed by atoms with van der Waals surface area (Å²) in [6, 6.07) is 5.31. The Balaban J connectivity index is 2.13. The van der Waals surface area contributed by atoms with Crippen molar-refractivity contribution in [3.05, 3.63) is 34.3 Å². The lowest BCUT2D eigenvalue weighted by Gasteiger charge is -2.05. The van der Waals surface area contributed by atoms with Gasteiger partial charge in [-0.2, -0.15) is 4.98 Å². The van der Waals surface area contributed by atoms with Crippen molar-refractivity contribution in [3.63, 3.8) is 0 Å². The molecule has 19 heavy (non-hydrogen) atoms. The zero-order valence-electron chi connectivity index (χ0n) is 10.5. The highest BCUT2D eigenvalue weighted by Gasteiger charge is 2.12. The highest BCUT2D eigenvalue weighted by Crippen LogP contribution is 2.16. The smallest absolute Gasteiger partial charge is 0.337 e. The molecule has 0 aliphatic rings. The highest BCUT2D eigenvalue weighted by atomic mass is 35.5. The van der Waals surface area contributed by atoms with Crippen molar-refractivity contribution < 1.29 is 9.53 Å². The molecule has 0 spiro atoms. The van der Waals surface area contributed by atoms with Crippen molar-refractivity contribution in [2.75, 3.05) is 11.9 Å². The molecule has 2 aromatic rings. The number of carbonyl (C=O) groups is 1. The van der Waals surface area contributed by atoms with Crippen molar-refractivity contribution in [3.8, 4) is 6.01 Å². The lowest BCUT2D eigenvalue weighted by atomic mass is 10.1. The van der Waals surface area contributed by atoms with Crippen molar-refractivity contribution in [1.29, 1.82) is 0 Å². The third kappa shape index (κ3) is 3.23. The second-order valence-corrected chi connectivity index (χ2v) is 4.25. The van der Waals surface area contributed by atoms with Crippen LogP contribution in [0.15, 0.2) is 18.2 Å².